The van der Waals surface area contributed by atoms with Crippen molar-refractivity contribution in [3.05, 3.63) is 6.42 Å². The van der Waals surface area contributed by atoms with Gasteiger partial charge in [0.05, 0.1) is 0 Å². The van der Waals surface area contributed by atoms with Crippen molar-refractivity contribution in [1.82, 2.24) is 0 Å². The topological polar surface area (TPSA) is 0 Å². The molecular formula is C7H10F3W-. The van der Waals surface area contributed by atoms with Crippen molar-refractivity contribution < 1.29 is 34.2 Å². The van der Waals surface area contributed by atoms with Gasteiger partial charge in [0.15, 0.2) is 0 Å². The summed E-state index contributed by atoms with van der Waals surface area (Å²) in [5, 5.41) is 0. The van der Waals surface area contributed by atoms with Crippen LogP contribution in [-0.2, 0) is 21.1 Å². The van der Waals surface area contributed by atoms with Crippen LogP contribution in [0.15, 0.2) is 0 Å². The molecule has 1 aliphatic carbocycles. The summed E-state index contributed by atoms with van der Waals surface area (Å²) in [5.41, 5.74) is 0. The second-order valence-corrected chi connectivity index (χ2v) is 2.69. The van der Waals surface area contributed by atoms with E-state index in [0.717, 1.165) is 6.42 Å². The van der Waals surface area contributed by atoms with Crippen molar-refractivity contribution in [2.45, 2.75) is 31.9 Å². The molecule has 1 fully saturated rings. The molecule has 0 aromatic heterocycles. The fourth-order valence-corrected chi connectivity index (χ4v) is 1.24. The molecule has 1 atom stereocenters. The fraction of sp³-hybridized carbons (Fsp3) is 0.857. The van der Waals surface area contributed by atoms with Gasteiger partial charge in [0.2, 0.25) is 0 Å². The third-order valence-corrected chi connectivity index (χ3v) is 1.87. The molecular weight excluding hydrogens is 325 g/mol. The molecule has 1 unspecified atom stereocenters. The van der Waals surface area contributed by atoms with Gasteiger partial charge in [0.25, 0.3) is 0 Å². The van der Waals surface area contributed by atoms with Gasteiger partial charge in [-0.3, -0.25) is 0 Å². The molecule has 4 heteroatoms. The predicted octanol–water partition coefficient (Wildman–Crippen LogP) is 2.94. The van der Waals surface area contributed by atoms with Crippen LogP contribution in [0.25, 0.3) is 0 Å². The van der Waals surface area contributed by atoms with Crippen LogP contribution >= 0.6 is 0 Å². The van der Waals surface area contributed by atoms with Crippen molar-refractivity contribution in [2.24, 2.45) is 5.92 Å². The second kappa shape index (κ2) is 4.49. The van der Waals surface area contributed by atoms with Gasteiger partial charge in [-0.1, -0.05) is 6.42 Å². The minimum atomic E-state index is -3.96. The maximum atomic E-state index is 11.9. The molecule has 0 spiro atoms. The van der Waals surface area contributed by atoms with Gasteiger partial charge in [-0.2, -0.15) is 26.0 Å². The molecule has 0 N–H and O–H groups in total. The van der Waals surface area contributed by atoms with Gasteiger partial charge in [-0.25, -0.2) is 0 Å². The average Bonchev–Trinajstić information content (AvgIpc) is 1.88. The maximum absolute atomic E-state index is 11.9. The van der Waals surface area contributed by atoms with Crippen molar-refractivity contribution in [1.29, 1.82) is 0 Å². The molecule has 1 aliphatic rings. The van der Waals surface area contributed by atoms with E-state index < -0.39 is 12.1 Å². The van der Waals surface area contributed by atoms with Gasteiger partial charge < -0.3 is 6.42 Å². The first-order chi connectivity index (χ1) is 4.61. The number of rotatable bonds is 0. The third-order valence-electron chi connectivity index (χ3n) is 1.87. The molecule has 0 aromatic carbocycles. The number of hydrogen-bond acceptors (Lipinski definition) is 0. The Bertz CT molecular complexity index is 105. The van der Waals surface area contributed by atoms with E-state index in [0.29, 0.717) is 12.8 Å². The number of halogens is 3. The summed E-state index contributed by atoms with van der Waals surface area (Å²) in [6.45, 7) is 0. The maximum Gasteiger partial charge on any atom is 0.389 e. The zero-order valence-corrected chi connectivity index (χ0v) is 8.96. The Morgan fingerprint density at radius 1 is 1.27 bits per heavy atom. The summed E-state index contributed by atoms with van der Waals surface area (Å²) in [6, 6.07) is 0. The zero-order valence-electron chi connectivity index (χ0n) is 6.03. The Balaban J connectivity index is 0.000001000. The summed E-state index contributed by atoms with van der Waals surface area (Å²) < 4.78 is 35.8. The number of alkyl halides is 3. The molecule has 0 bridgehead atoms. The molecule has 0 heterocycles. The van der Waals surface area contributed by atoms with Gasteiger partial charge in [0, 0.05) is 27.0 Å². The third kappa shape index (κ3) is 3.59. The molecule has 1 saturated carbocycles. The first-order valence-corrected chi connectivity index (χ1v) is 3.49. The van der Waals surface area contributed by atoms with Crippen LogP contribution in [0.5, 0.6) is 0 Å². The molecule has 0 saturated heterocycles. The van der Waals surface area contributed by atoms with Crippen LogP contribution in [0.4, 0.5) is 13.2 Å². The molecule has 0 aromatic rings. The molecule has 0 aliphatic heterocycles. The fourth-order valence-electron chi connectivity index (χ4n) is 1.24. The Morgan fingerprint density at radius 2 is 1.91 bits per heavy atom. The van der Waals surface area contributed by atoms with Crippen LogP contribution in [0.1, 0.15) is 25.7 Å². The largest absolute Gasteiger partial charge is 0.389 e. The Labute approximate surface area is 78.8 Å². The predicted molar refractivity (Wildman–Crippen MR) is 32.3 cm³/mol. The zero-order chi connectivity index (χ0) is 7.61. The van der Waals surface area contributed by atoms with E-state index in [1.165, 1.54) is 0 Å². The summed E-state index contributed by atoms with van der Waals surface area (Å²) in [5.74, 6) is -1.05. The van der Waals surface area contributed by atoms with Gasteiger partial charge in [0.1, 0.15) is 0 Å². The van der Waals surface area contributed by atoms with E-state index in [-0.39, 0.29) is 27.5 Å². The quantitative estimate of drug-likeness (QED) is 0.597. The number of hydrogen-bond donors (Lipinski definition) is 0. The van der Waals surface area contributed by atoms with E-state index in [1.807, 2.05) is 0 Å². The molecule has 0 nitrogen and oxygen atoms in total. The van der Waals surface area contributed by atoms with Crippen LogP contribution in [-0.4, -0.2) is 6.18 Å². The normalized spacial score (nSPS) is 25.9. The van der Waals surface area contributed by atoms with Crippen molar-refractivity contribution in [2.75, 3.05) is 0 Å². The van der Waals surface area contributed by atoms with Crippen molar-refractivity contribution in [3.63, 3.8) is 0 Å². The Morgan fingerprint density at radius 3 is 2.18 bits per heavy atom. The monoisotopic (exact) mass is 335 g/mol. The van der Waals surface area contributed by atoms with Crippen molar-refractivity contribution in [3.8, 4) is 0 Å². The summed E-state index contributed by atoms with van der Waals surface area (Å²) in [6.07, 6.45) is -0.126. The van der Waals surface area contributed by atoms with Crippen LogP contribution in [0.3, 0.4) is 0 Å². The van der Waals surface area contributed by atoms with E-state index in [4.69, 9.17) is 0 Å². The summed E-state index contributed by atoms with van der Waals surface area (Å²) >= 11 is 0. The molecule has 66 valence electrons. The summed E-state index contributed by atoms with van der Waals surface area (Å²) in [7, 11) is 0. The van der Waals surface area contributed by atoms with E-state index in [9.17, 15) is 13.2 Å². The Kier molecular flexibility index (Phi) is 4.69. The van der Waals surface area contributed by atoms with Crippen LogP contribution in [0.2, 0.25) is 0 Å². The first kappa shape index (κ1) is 11.5. The van der Waals surface area contributed by atoms with Crippen molar-refractivity contribution >= 4 is 0 Å². The Hall–Kier alpha value is 0.478. The summed E-state index contributed by atoms with van der Waals surface area (Å²) in [4.78, 5) is 0. The minimum Gasteiger partial charge on any atom is -0.328 e. The van der Waals surface area contributed by atoms with Gasteiger partial charge in [-0.15, -0.1) is 0 Å². The molecule has 0 amide bonds. The standard InChI is InChI=1S/C7H10F3.W/c8-7(9,10)6-4-2-1-3-5-6;/h2,6H,1,3-5H2;/q-1;. The minimum absolute atomic E-state index is 0. The average molecular weight is 335 g/mol. The molecule has 1 rings (SSSR count). The van der Waals surface area contributed by atoms with Gasteiger partial charge in [-0.05, 0) is 6.42 Å². The molecule has 0 radical (unpaired) electrons. The van der Waals surface area contributed by atoms with E-state index >= 15 is 0 Å². The SMILES string of the molecule is FC(F)(F)C1C[CH-]CCC1.[W]. The van der Waals surface area contributed by atoms with E-state index in [1.54, 1.807) is 6.42 Å². The van der Waals surface area contributed by atoms with Crippen LogP contribution in [0, 0.1) is 12.3 Å². The van der Waals surface area contributed by atoms with E-state index in [2.05, 4.69) is 0 Å². The van der Waals surface area contributed by atoms with Crippen LogP contribution < -0.4 is 0 Å². The first-order valence-electron chi connectivity index (χ1n) is 3.49. The van der Waals surface area contributed by atoms with Gasteiger partial charge >= 0.3 is 6.18 Å². The molecule has 11 heavy (non-hydrogen) atoms. The second-order valence-electron chi connectivity index (χ2n) is 2.69. The smallest absolute Gasteiger partial charge is 0.328 e.